The summed E-state index contributed by atoms with van der Waals surface area (Å²) in [5, 5.41) is 8.09. The Morgan fingerprint density at radius 2 is 1.89 bits per heavy atom. The fourth-order valence-corrected chi connectivity index (χ4v) is 4.11. The third-order valence-corrected chi connectivity index (χ3v) is 5.29. The number of hydrogen-bond donors (Lipinski definition) is 3. The Kier molecular flexibility index (Phi) is 4.73. The first-order valence-electron chi connectivity index (χ1n) is 9.02. The summed E-state index contributed by atoms with van der Waals surface area (Å²) in [5.74, 6) is -0.566. The average molecular weight is 382 g/mol. The highest BCUT2D eigenvalue weighted by molar-refractivity contribution is 5.89. The van der Waals surface area contributed by atoms with Crippen molar-refractivity contribution in [3.05, 3.63) is 41.6 Å². The van der Waals surface area contributed by atoms with Gasteiger partial charge in [0.25, 0.3) is 0 Å². The lowest BCUT2D eigenvalue weighted by Gasteiger charge is -2.39. The number of alkyl halides is 3. The van der Waals surface area contributed by atoms with Crippen LogP contribution in [-0.2, 0) is 4.79 Å². The number of ether oxygens (including phenoxy) is 1. The summed E-state index contributed by atoms with van der Waals surface area (Å²) in [6.07, 6.45) is -1.78. The molecule has 9 heteroatoms. The van der Waals surface area contributed by atoms with Gasteiger partial charge in [0.05, 0.1) is 0 Å². The number of nitrogens with zero attached hydrogens (tertiary/aromatic N) is 1. The topological polar surface area (TPSA) is 65.6 Å². The number of carbonyl (C=O) groups excluding carboxylic acids is 1. The van der Waals surface area contributed by atoms with Gasteiger partial charge in [-0.2, -0.15) is 0 Å². The molecular formula is C18H21F3N4O2. The van der Waals surface area contributed by atoms with Gasteiger partial charge in [-0.25, -0.2) is 5.43 Å². The second-order valence-corrected chi connectivity index (χ2v) is 6.97. The number of halogens is 3. The molecular weight excluding hydrogens is 361 g/mol. The monoisotopic (exact) mass is 382 g/mol. The number of allylic oxidation sites excluding steroid dienone is 1. The molecule has 4 rings (SSSR count). The van der Waals surface area contributed by atoms with Crippen LogP contribution in [0.4, 0.5) is 13.2 Å². The third kappa shape index (κ3) is 3.74. The van der Waals surface area contributed by atoms with Crippen LogP contribution in [0.25, 0.3) is 0 Å². The van der Waals surface area contributed by atoms with Gasteiger partial charge in [0.15, 0.2) is 0 Å². The lowest BCUT2D eigenvalue weighted by molar-refractivity contribution is -0.275. The molecule has 0 radical (unpaired) electrons. The van der Waals surface area contributed by atoms with Crippen molar-refractivity contribution in [1.29, 1.82) is 0 Å². The van der Waals surface area contributed by atoms with Crippen LogP contribution in [0, 0.1) is 5.92 Å². The molecule has 1 aromatic rings. The van der Waals surface area contributed by atoms with E-state index in [1.807, 2.05) is 5.01 Å². The normalized spacial score (nSPS) is 26.4. The molecule has 1 amide bonds. The van der Waals surface area contributed by atoms with Crippen molar-refractivity contribution in [2.24, 2.45) is 5.92 Å². The molecule has 0 aliphatic carbocycles. The molecule has 0 spiro atoms. The molecule has 0 bridgehead atoms. The number of hydrogen-bond acceptors (Lipinski definition) is 5. The quantitative estimate of drug-likeness (QED) is 0.745. The van der Waals surface area contributed by atoms with Crippen molar-refractivity contribution in [3.8, 4) is 5.75 Å². The SMILES string of the molecule is O=C1C=C(C2CCNCC2)N2NCC(c3ccccc3OC(F)(F)F)C2N1. The highest BCUT2D eigenvalue weighted by Gasteiger charge is 2.43. The number of para-hydroxylation sites is 1. The second kappa shape index (κ2) is 7.05. The van der Waals surface area contributed by atoms with Crippen LogP contribution in [-0.4, -0.2) is 43.1 Å². The second-order valence-electron chi connectivity index (χ2n) is 6.97. The zero-order valence-electron chi connectivity index (χ0n) is 14.6. The van der Waals surface area contributed by atoms with E-state index in [-0.39, 0.29) is 23.5 Å². The molecule has 2 atom stereocenters. The van der Waals surface area contributed by atoms with E-state index in [2.05, 4.69) is 20.8 Å². The lowest BCUT2D eigenvalue weighted by Crippen LogP contribution is -2.53. The van der Waals surface area contributed by atoms with Gasteiger partial charge < -0.3 is 15.4 Å². The number of rotatable bonds is 3. The Balaban J connectivity index is 1.61. The molecule has 1 aromatic carbocycles. The Morgan fingerprint density at radius 3 is 2.63 bits per heavy atom. The van der Waals surface area contributed by atoms with E-state index in [9.17, 15) is 18.0 Å². The standard InChI is InChI=1S/C18H21F3N4O2/c19-18(20,21)27-15-4-2-1-3-12(15)13-10-23-25-14(9-16(26)24-17(13)25)11-5-7-22-8-6-11/h1-4,9,11,13,17,22-23H,5-8,10H2,(H,24,26). The van der Waals surface area contributed by atoms with Gasteiger partial charge in [-0.3, -0.25) is 9.80 Å². The van der Waals surface area contributed by atoms with E-state index in [1.165, 1.54) is 12.1 Å². The van der Waals surface area contributed by atoms with Crippen molar-refractivity contribution in [3.63, 3.8) is 0 Å². The molecule has 0 aromatic heterocycles. The van der Waals surface area contributed by atoms with Gasteiger partial charge in [-0.05, 0) is 32.0 Å². The molecule has 27 heavy (non-hydrogen) atoms. The molecule has 2 fully saturated rings. The summed E-state index contributed by atoms with van der Waals surface area (Å²) in [6, 6.07) is 6.10. The highest BCUT2D eigenvalue weighted by Crippen LogP contribution is 2.39. The first-order valence-corrected chi connectivity index (χ1v) is 9.02. The first-order chi connectivity index (χ1) is 12.9. The number of fused-ring (bicyclic) bond motifs is 1. The molecule has 3 aliphatic heterocycles. The van der Waals surface area contributed by atoms with Gasteiger partial charge in [0, 0.05) is 35.7 Å². The summed E-state index contributed by atoms with van der Waals surface area (Å²) >= 11 is 0. The summed E-state index contributed by atoms with van der Waals surface area (Å²) in [4.78, 5) is 12.3. The molecule has 146 valence electrons. The minimum absolute atomic E-state index is 0.215. The first kappa shape index (κ1) is 18.1. The van der Waals surface area contributed by atoms with Crippen molar-refractivity contribution >= 4 is 5.91 Å². The van der Waals surface area contributed by atoms with Gasteiger partial charge in [-0.1, -0.05) is 18.2 Å². The smallest absolute Gasteiger partial charge is 0.405 e. The highest BCUT2D eigenvalue weighted by atomic mass is 19.4. The third-order valence-electron chi connectivity index (χ3n) is 5.29. The number of piperidine rings is 1. The van der Waals surface area contributed by atoms with E-state index < -0.39 is 12.5 Å². The summed E-state index contributed by atoms with van der Waals surface area (Å²) in [7, 11) is 0. The van der Waals surface area contributed by atoms with Crippen LogP contribution in [0.3, 0.4) is 0 Å². The maximum atomic E-state index is 12.8. The predicted molar refractivity (Wildman–Crippen MR) is 91.3 cm³/mol. The molecule has 3 aliphatic rings. The van der Waals surface area contributed by atoms with Crippen molar-refractivity contribution < 1.29 is 22.7 Å². The maximum absolute atomic E-state index is 12.8. The summed E-state index contributed by atoms with van der Waals surface area (Å²) in [6.45, 7) is 2.17. The van der Waals surface area contributed by atoms with E-state index in [0.29, 0.717) is 12.1 Å². The van der Waals surface area contributed by atoms with Crippen LogP contribution in [0.2, 0.25) is 0 Å². The van der Waals surface area contributed by atoms with Crippen LogP contribution >= 0.6 is 0 Å². The molecule has 2 saturated heterocycles. The van der Waals surface area contributed by atoms with Gasteiger partial charge in [0.1, 0.15) is 11.9 Å². The Hall–Kier alpha value is -2.26. The van der Waals surface area contributed by atoms with Crippen molar-refractivity contribution in [2.45, 2.75) is 31.3 Å². The van der Waals surface area contributed by atoms with E-state index in [0.717, 1.165) is 31.6 Å². The maximum Gasteiger partial charge on any atom is 0.573 e. The van der Waals surface area contributed by atoms with Gasteiger partial charge in [0.2, 0.25) is 5.91 Å². The number of nitrogens with one attached hydrogen (secondary N) is 3. The molecule has 2 unspecified atom stereocenters. The van der Waals surface area contributed by atoms with Gasteiger partial charge >= 0.3 is 6.36 Å². The Bertz CT molecular complexity index is 746. The van der Waals surface area contributed by atoms with Gasteiger partial charge in [-0.15, -0.1) is 13.2 Å². The fraction of sp³-hybridized carbons (Fsp3) is 0.500. The predicted octanol–water partition coefficient (Wildman–Crippen LogP) is 1.83. The zero-order chi connectivity index (χ0) is 19.0. The largest absolute Gasteiger partial charge is 0.573 e. The lowest BCUT2D eigenvalue weighted by atomic mass is 9.90. The molecule has 6 nitrogen and oxygen atoms in total. The van der Waals surface area contributed by atoms with Crippen LogP contribution in [0.5, 0.6) is 5.75 Å². The van der Waals surface area contributed by atoms with Crippen molar-refractivity contribution in [2.75, 3.05) is 19.6 Å². The summed E-state index contributed by atoms with van der Waals surface area (Å²) < 4.78 is 42.5. The number of benzene rings is 1. The fourth-order valence-electron chi connectivity index (χ4n) is 4.11. The Labute approximate surface area is 154 Å². The van der Waals surface area contributed by atoms with E-state index >= 15 is 0 Å². The van der Waals surface area contributed by atoms with Crippen molar-refractivity contribution in [1.82, 2.24) is 21.1 Å². The number of hydrazine groups is 1. The molecule has 3 heterocycles. The van der Waals surface area contributed by atoms with E-state index in [1.54, 1.807) is 18.2 Å². The number of carbonyl (C=O) groups is 1. The molecule has 0 saturated carbocycles. The Morgan fingerprint density at radius 1 is 1.15 bits per heavy atom. The number of amides is 1. The van der Waals surface area contributed by atoms with Crippen LogP contribution < -0.4 is 20.8 Å². The van der Waals surface area contributed by atoms with Crippen LogP contribution in [0.1, 0.15) is 24.3 Å². The zero-order valence-corrected chi connectivity index (χ0v) is 14.6. The minimum Gasteiger partial charge on any atom is -0.405 e. The molecule has 3 N–H and O–H groups in total. The van der Waals surface area contributed by atoms with Crippen LogP contribution in [0.15, 0.2) is 36.0 Å². The minimum atomic E-state index is -4.77. The average Bonchev–Trinajstić information content (AvgIpc) is 3.04. The summed E-state index contributed by atoms with van der Waals surface area (Å²) in [5.41, 5.74) is 4.58. The van der Waals surface area contributed by atoms with E-state index in [4.69, 9.17) is 0 Å².